The van der Waals surface area contributed by atoms with Crippen LogP contribution in [0.5, 0.6) is 0 Å². The molecule has 0 unspecified atom stereocenters. The zero-order chi connectivity index (χ0) is 8.53. The summed E-state index contributed by atoms with van der Waals surface area (Å²) < 4.78 is 9.89. The van der Waals surface area contributed by atoms with Crippen molar-refractivity contribution >= 4 is 5.97 Å². The van der Waals surface area contributed by atoms with Crippen LogP contribution in [0, 0.1) is 0 Å². The summed E-state index contributed by atoms with van der Waals surface area (Å²) in [5.41, 5.74) is 0. The Bertz CT molecular complexity index is 87.6. The molecule has 0 bridgehead atoms. The first-order chi connectivity index (χ1) is 5.27. The van der Waals surface area contributed by atoms with Gasteiger partial charge in [0.25, 0.3) is 0 Å². The predicted octanol–water partition coefficient (Wildman–Crippen LogP) is -0.903. The molecule has 0 aromatic heterocycles. The van der Waals surface area contributed by atoms with Crippen LogP contribution in [0.25, 0.3) is 0 Å². The number of aliphatic carboxylic acids is 1. The minimum atomic E-state index is -1.19. The fourth-order valence-electron chi connectivity index (χ4n) is 0.440. The van der Waals surface area contributed by atoms with Crippen molar-refractivity contribution in [3.8, 4) is 0 Å². The molecule has 0 aromatic carbocycles. The third-order valence-corrected chi connectivity index (χ3v) is 0.879. The number of hydrogen-bond donors (Lipinski definition) is 2. The molecule has 1 heterocycles. The van der Waals surface area contributed by atoms with Gasteiger partial charge in [-0.3, -0.25) is 0 Å². The summed E-state index contributed by atoms with van der Waals surface area (Å²) in [6.45, 7) is 2.33. The largest absolute Gasteiger partial charge is 0.480 e. The number of aliphatic hydroxyl groups is 1. The van der Waals surface area contributed by atoms with E-state index in [2.05, 4.69) is 0 Å². The van der Waals surface area contributed by atoms with E-state index in [-0.39, 0.29) is 0 Å². The molecule has 0 radical (unpaired) electrons. The topological polar surface area (TPSA) is 76.0 Å². The number of ether oxygens (including phenoxy) is 2. The molecule has 1 aliphatic rings. The van der Waals surface area contributed by atoms with Crippen LogP contribution in [-0.4, -0.2) is 49.2 Å². The van der Waals surface area contributed by atoms with Gasteiger partial charge in [-0.25, -0.2) is 4.79 Å². The quantitative estimate of drug-likeness (QED) is 0.525. The van der Waals surface area contributed by atoms with E-state index >= 15 is 0 Å². The molecular formula is C6H12O5. The smallest absolute Gasteiger partial charge is 0.329 e. The van der Waals surface area contributed by atoms with Crippen molar-refractivity contribution < 1.29 is 24.5 Å². The monoisotopic (exact) mass is 164 g/mol. The first-order valence-electron chi connectivity index (χ1n) is 3.25. The Morgan fingerprint density at radius 1 is 1.18 bits per heavy atom. The highest BCUT2D eigenvalue weighted by Crippen LogP contribution is 1.85. The average molecular weight is 164 g/mol. The first kappa shape index (κ1) is 10.3. The normalized spacial score (nSPS) is 16.5. The van der Waals surface area contributed by atoms with Crippen LogP contribution in [0.4, 0.5) is 0 Å². The molecule has 5 nitrogen and oxygen atoms in total. The highest BCUT2D eigenvalue weighted by atomic mass is 16.6. The number of carbonyl (C=O) groups is 1. The summed E-state index contributed by atoms with van der Waals surface area (Å²) in [5, 5.41) is 15.0. The van der Waals surface area contributed by atoms with Crippen molar-refractivity contribution in [1.29, 1.82) is 0 Å². The molecular weight excluding hydrogens is 152 g/mol. The van der Waals surface area contributed by atoms with Gasteiger partial charge in [-0.1, -0.05) is 0 Å². The Morgan fingerprint density at radius 2 is 1.45 bits per heavy atom. The standard InChI is InChI=1S/C4H8O2.C2H4O3/c1-2-6-4-3-5-1;3-1-2(4)5/h1-4H2;3H,1H2,(H,4,5). The number of hydrogen-bond acceptors (Lipinski definition) is 4. The maximum atomic E-state index is 9.12. The van der Waals surface area contributed by atoms with Gasteiger partial charge in [-0.05, 0) is 0 Å². The molecule has 1 rings (SSSR count). The molecule has 1 saturated heterocycles. The molecule has 0 atom stereocenters. The first-order valence-corrected chi connectivity index (χ1v) is 3.25. The maximum absolute atomic E-state index is 9.12. The van der Waals surface area contributed by atoms with Gasteiger partial charge in [0.2, 0.25) is 0 Å². The Kier molecular flexibility index (Phi) is 7.02. The minimum Gasteiger partial charge on any atom is -0.480 e. The van der Waals surface area contributed by atoms with E-state index in [1.165, 1.54) is 0 Å². The lowest BCUT2D eigenvalue weighted by atomic mass is 10.6. The number of rotatable bonds is 1. The van der Waals surface area contributed by atoms with Crippen LogP contribution in [-0.2, 0) is 14.3 Å². The van der Waals surface area contributed by atoms with Gasteiger partial charge in [-0.2, -0.15) is 0 Å². The third kappa shape index (κ3) is 9.35. The van der Waals surface area contributed by atoms with Crippen LogP contribution >= 0.6 is 0 Å². The zero-order valence-corrected chi connectivity index (χ0v) is 6.15. The highest BCUT2D eigenvalue weighted by Gasteiger charge is 1.94. The number of aliphatic hydroxyl groups excluding tert-OH is 1. The Labute approximate surface area is 64.5 Å². The summed E-state index contributed by atoms with van der Waals surface area (Å²) in [6.07, 6.45) is 0. The zero-order valence-electron chi connectivity index (χ0n) is 6.15. The molecule has 66 valence electrons. The predicted molar refractivity (Wildman–Crippen MR) is 36.4 cm³/mol. The minimum absolute atomic E-state index is 0.778. The summed E-state index contributed by atoms with van der Waals surface area (Å²) in [4.78, 5) is 9.12. The van der Waals surface area contributed by atoms with Crippen molar-refractivity contribution in [2.24, 2.45) is 0 Å². The van der Waals surface area contributed by atoms with Crippen molar-refractivity contribution in [1.82, 2.24) is 0 Å². The molecule has 2 N–H and O–H groups in total. The van der Waals surface area contributed by atoms with Crippen molar-refractivity contribution in [2.45, 2.75) is 0 Å². The van der Waals surface area contributed by atoms with E-state index in [1.807, 2.05) is 0 Å². The molecule has 1 fully saturated rings. The second-order valence-corrected chi connectivity index (χ2v) is 1.78. The second-order valence-electron chi connectivity index (χ2n) is 1.78. The summed E-state index contributed by atoms with van der Waals surface area (Å²) in [5.74, 6) is -1.19. The maximum Gasteiger partial charge on any atom is 0.329 e. The van der Waals surface area contributed by atoms with E-state index < -0.39 is 12.6 Å². The molecule has 0 aliphatic carbocycles. The molecule has 0 saturated carbocycles. The molecule has 1 aliphatic heterocycles. The van der Waals surface area contributed by atoms with Gasteiger partial charge >= 0.3 is 5.97 Å². The van der Waals surface area contributed by atoms with Crippen molar-refractivity contribution in [3.05, 3.63) is 0 Å². The van der Waals surface area contributed by atoms with Crippen LogP contribution in [0.1, 0.15) is 0 Å². The fraction of sp³-hybridized carbons (Fsp3) is 0.833. The van der Waals surface area contributed by atoms with Crippen LogP contribution < -0.4 is 0 Å². The Morgan fingerprint density at radius 3 is 1.55 bits per heavy atom. The molecule has 0 spiro atoms. The van der Waals surface area contributed by atoms with E-state index in [4.69, 9.17) is 24.5 Å². The second kappa shape index (κ2) is 7.46. The van der Waals surface area contributed by atoms with Gasteiger partial charge in [0.1, 0.15) is 6.61 Å². The van der Waals surface area contributed by atoms with Gasteiger partial charge in [0, 0.05) is 0 Å². The summed E-state index contributed by atoms with van der Waals surface area (Å²) in [6, 6.07) is 0. The SMILES string of the molecule is C1COCCO1.O=C(O)CO. The van der Waals surface area contributed by atoms with E-state index in [0.29, 0.717) is 0 Å². The number of carboxylic acid groups (broad SMARTS) is 1. The Balaban J connectivity index is 0.000000187. The molecule has 5 heteroatoms. The van der Waals surface area contributed by atoms with Crippen molar-refractivity contribution in [2.75, 3.05) is 33.0 Å². The molecule has 0 aromatic rings. The lowest BCUT2D eigenvalue weighted by Crippen LogP contribution is -2.16. The van der Waals surface area contributed by atoms with Gasteiger partial charge in [-0.15, -0.1) is 0 Å². The number of carboxylic acids is 1. The van der Waals surface area contributed by atoms with Gasteiger partial charge in [0.15, 0.2) is 0 Å². The van der Waals surface area contributed by atoms with E-state index in [1.54, 1.807) is 0 Å². The molecule has 0 amide bonds. The molecule has 11 heavy (non-hydrogen) atoms. The fourth-order valence-corrected chi connectivity index (χ4v) is 0.440. The summed E-state index contributed by atoms with van der Waals surface area (Å²) in [7, 11) is 0. The van der Waals surface area contributed by atoms with Crippen LogP contribution in [0.2, 0.25) is 0 Å². The highest BCUT2D eigenvalue weighted by molar-refractivity contribution is 5.67. The van der Waals surface area contributed by atoms with Gasteiger partial charge in [0.05, 0.1) is 26.4 Å². The lowest BCUT2D eigenvalue weighted by Gasteiger charge is -2.09. The van der Waals surface area contributed by atoms with Gasteiger partial charge < -0.3 is 19.7 Å². The van der Waals surface area contributed by atoms with Crippen LogP contribution in [0.15, 0.2) is 0 Å². The Hall–Kier alpha value is -0.650. The van der Waals surface area contributed by atoms with Crippen LogP contribution in [0.3, 0.4) is 0 Å². The lowest BCUT2D eigenvalue weighted by molar-refractivity contribution is -0.140. The van der Waals surface area contributed by atoms with E-state index in [9.17, 15) is 0 Å². The average Bonchev–Trinajstić information content (AvgIpc) is 2.09. The summed E-state index contributed by atoms with van der Waals surface area (Å²) >= 11 is 0. The van der Waals surface area contributed by atoms with E-state index in [0.717, 1.165) is 26.4 Å². The van der Waals surface area contributed by atoms with Crippen molar-refractivity contribution in [3.63, 3.8) is 0 Å². The third-order valence-electron chi connectivity index (χ3n) is 0.879.